The van der Waals surface area contributed by atoms with Crippen LogP contribution >= 0.6 is 11.3 Å². The second kappa shape index (κ2) is 7.80. The fraction of sp³-hybridized carbons (Fsp3) is 0.167. The van der Waals surface area contributed by atoms with E-state index < -0.39 is 0 Å². The highest BCUT2D eigenvalue weighted by molar-refractivity contribution is 7.11. The number of hydrogen-bond acceptors (Lipinski definition) is 5. The van der Waals surface area contributed by atoms with E-state index >= 15 is 0 Å². The van der Waals surface area contributed by atoms with Crippen LogP contribution < -0.4 is 15.1 Å². The van der Waals surface area contributed by atoms with Gasteiger partial charge in [0.2, 0.25) is 0 Å². The van der Waals surface area contributed by atoms with E-state index in [4.69, 9.17) is 0 Å². The molecule has 1 aliphatic rings. The first-order valence-electron chi connectivity index (χ1n) is 9.66. The average molecular weight is 418 g/mol. The third kappa shape index (κ3) is 3.39. The number of carbonyl (C=O) groups is 2. The molecule has 1 N–H and O–H groups in total. The van der Waals surface area contributed by atoms with Crippen LogP contribution in [0.3, 0.4) is 0 Å². The fourth-order valence-electron chi connectivity index (χ4n) is 3.46. The Labute approximate surface area is 180 Å². The number of nitrogens with one attached hydrogen (secondary N) is 1. The topological polar surface area (TPSA) is 52.7 Å². The second-order valence-corrected chi connectivity index (χ2v) is 8.41. The van der Waals surface area contributed by atoms with E-state index in [-0.39, 0.29) is 11.8 Å². The van der Waals surface area contributed by atoms with Crippen molar-refractivity contribution in [1.29, 1.82) is 0 Å². The third-order valence-electron chi connectivity index (χ3n) is 5.32. The first kappa shape index (κ1) is 19.9. The van der Waals surface area contributed by atoms with Gasteiger partial charge in [-0.25, -0.2) is 4.90 Å². The van der Waals surface area contributed by atoms with Crippen LogP contribution in [-0.2, 0) is 9.59 Å². The number of imide groups is 1. The molecule has 1 aliphatic heterocycles. The Morgan fingerprint density at radius 3 is 2.40 bits per heavy atom. The number of carbonyl (C=O) groups excluding carboxylic acids is 2. The monoisotopic (exact) mass is 417 g/mol. The van der Waals surface area contributed by atoms with Crippen LogP contribution in [0.15, 0.2) is 65.7 Å². The van der Waals surface area contributed by atoms with Crippen molar-refractivity contribution >= 4 is 45.8 Å². The molecule has 0 bridgehead atoms. The molecule has 0 fully saturated rings. The highest BCUT2D eigenvalue weighted by atomic mass is 32.1. The van der Waals surface area contributed by atoms with E-state index in [0.29, 0.717) is 17.0 Å². The molecule has 2 heterocycles. The third-order valence-corrected chi connectivity index (χ3v) is 6.21. The first-order chi connectivity index (χ1) is 14.4. The van der Waals surface area contributed by atoms with Crippen LogP contribution in [0.4, 0.5) is 17.1 Å². The molecule has 3 aromatic rings. The second-order valence-electron chi connectivity index (χ2n) is 7.46. The van der Waals surface area contributed by atoms with Gasteiger partial charge in [-0.3, -0.25) is 9.59 Å². The van der Waals surface area contributed by atoms with Crippen molar-refractivity contribution < 1.29 is 9.59 Å². The summed E-state index contributed by atoms with van der Waals surface area (Å²) in [5, 5.41) is 5.18. The Hall–Kier alpha value is -3.38. The van der Waals surface area contributed by atoms with Gasteiger partial charge in [0.15, 0.2) is 0 Å². The molecule has 2 aromatic carbocycles. The predicted molar refractivity (Wildman–Crippen MR) is 124 cm³/mol. The fourth-order valence-corrected chi connectivity index (χ4v) is 4.23. The van der Waals surface area contributed by atoms with Gasteiger partial charge in [-0.15, -0.1) is 11.3 Å². The van der Waals surface area contributed by atoms with E-state index in [2.05, 4.69) is 5.32 Å². The number of hydrogen-bond donors (Lipinski definition) is 1. The largest absolute Gasteiger partial charge is 0.378 e. The summed E-state index contributed by atoms with van der Waals surface area (Å²) in [6, 6.07) is 17.1. The number of nitrogens with zero attached hydrogens (tertiary/aromatic N) is 2. The smallest absolute Gasteiger partial charge is 0.282 e. The number of anilines is 3. The van der Waals surface area contributed by atoms with Crippen LogP contribution in [-0.4, -0.2) is 25.9 Å². The maximum absolute atomic E-state index is 13.5. The van der Waals surface area contributed by atoms with Gasteiger partial charge in [0.05, 0.1) is 11.3 Å². The molecule has 4 rings (SSSR count). The molecule has 0 saturated carbocycles. The van der Waals surface area contributed by atoms with Crippen molar-refractivity contribution in [3.8, 4) is 0 Å². The molecule has 6 heteroatoms. The molecule has 0 aliphatic carbocycles. The van der Waals surface area contributed by atoms with Crippen LogP contribution in [0.25, 0.3) is 5.57 Å². The lowest BCUT2D eigenvalue weighted by Crippen LogP contribution is -2.32. The number of amides is 2. The maximum atomic E-state index is 13.5. The number of thiophene rings is 1. The summed E-state index contributed by atoms with van der Waals surface area (Å²) in [5.74, 6) is -0.661. The summed E-state index contributed by atoms with van der Waals surface area (Å²) >= 11 is 1.45. The van der Waals surface area contributed by atoms with Crippen LogP contribution in [0, 0.1) is 13.8 Å². The molecular formula is C24H23N3O2S. The quantitative estimate of drug-likeness (QED) is 0.605. The molecule has 1 aromatic heterocycles. The number of rotatable bonds is 5. The average Bonchev–Trinajstić information content (AvgIpc) is 3.32. The minimum Gasteiger partial charge on any atom is -0.378 e. The zero-order valence-electron chi connectivity index (χ0n) is 17.4. The van der Waals surface area contributed by atoms with Crippen molar-refractivity contribution in [2.75, 3.05) is 29.2 Å². The number of aryl methyl sites for hydroxylation is 1. The van der Waals surface area contributed by atoms with Gasteiger partial charge in [-0.2, -0.15) is 0 Å². The minimum atomic E-state index is -0.347. The standard InChI is InChI=1S/C24H23N3O2S/c1-15-8-5-11-19(16(15)2)25-22-21(20-12-7-13-30-20)23(28)27(24(22)29)18-10-6-9-17(14-18)26(3)4/h5-14,25H,1-4H3. The van der Waals surface area contributed by atoms with Crippen LogP contribution in [0.1, 0.15) is 16.0 Å². The van der Waals surface area contributed by atoms with Gasteiger partial charge >= 0.3 is 0 Å². The Balaban J connectivity index is 1.81. The lowest BCUT2D eigenvalue weighted by Gasteiger charge is -2.19. The van der Waals surface area contributed by atoms with Crippen molar-refractivity contribution in [2.24, 2.45) is 0 Å². The molecule has 152 valence electrons. The van der Waals surface area contributed by atoms with Crippen molar-refractivity contribution in [3.63, 3.8) is 0 Å². The highest BCUT2D eigenvalue weighted by Gasteiger charge is 2.41. The molecule has 5 nitrogen and oxygen atoms in total. The minimum absolute atomic E-state index is 0.311. The van der Waals surface area contributed by atoms with E-state index in [1.54, 1.807) is 6.07 Å². The van der Waals surface area contributed by atoms with Gasteiger partial charge in [-0.1, -0.05) is 24.3 Å². The summed E-state index contributed by atoms with van der Waals surface area (Å²) in [4.78, 5) is 30.9. The molecule has 0 unspecified atom stereocenters. The zero-order chi connectivity index (χ0) is 21.4. The SMILES string of the molecule is Cc1cccc(NC2=C(c3cccs3)C(=O)N(c3cccc(N(C)C)c3)C2=O)c1C. The lowest BCUT2D eigenvalue weighted by molar-refractivity contribution is -0.120. The summed E-state index contributed by atoms with van der Waals surface area (Å²) in [5.41, 5.74) is 5.18. The Morgan fingerprint density at radius 1 is 0.933 bits per heavy atom. The Bertz CT molecular complexity index is 1160. The summed E-state index contributed by atoms with van der Waals surface area (Å²) in [7, 11) is 3.85. The summed E-state index contributed by atoms with van der Waals surface area (Å²) in [6.45, 7) is 4.03. The van der Waals surface area contributed by atoms with Crippen molar-refractivity contribution in [2.45, 2.75) is 13.8 Å². The van der Waals surface area contributed by atoms with Crippen molar-refractivity contribution in [3.05, 3.63) is 81.7 Å². The van der Waals surface area contributed by atoms with Crippen LogP contribution in [0.2, 0.25) is 0 Å². The zero-order valence-corrected chi connectivity index (χ0v) is 18.2. The molecular weight excluding hydrogens is 394 g/mol. The van der Waals surface area contributed by atoms with E-state index in [1.165, 1.54) is 16.2 Å². The lowest BCUT2D eigenvalue weighted by atomic mass is 10.1. The van der Waals surface area contributed by atoms with E-state index in [0.717, 1.165) is 27.4 Å². The molecule has 0 radical (unpaired) electrons. The summed E-state index contributed by atoms with van der Waals surface area (Å²) < 4.78 is 0. The molecule has 0 saturated heterocycles. The van der Waals surface area contributed by atoms with Gasteiger partial charge in [0, 0.05) is 30.3 Å². The normalized spacial score (nSPS) is 13.9. The molecule has 2 amide bonds. The number of benzene rings is 2. The molecule has 30 heavy (non-hydrogen) atoms. The van der Waals surface area contributed by atoms with Gasteiger partial charge in [0.25, 0.3) is 11.8 Å². The first-order valence-corrected chi connectivity index (χ1v) is 10.5. The Morgan fingerprint density at radius 2 is 1.70 bits per heavy atom. The van der Waals surface area contributed by atoms with Crippen LogP contribution in [0.5, 0.6) is 0 Å². The van der Waals surface area contributed by atoms with Gasteiger partial charge in [-0.05, 0) is 60.7 Å². The highest BCUT2D eigenvalue weighted by Crippen LogP contribution is 2.36. The Kier molecular flexibility index (Phi) is 5.18. The molecule has 0 atom stereocenters. The summed E-state index contributed by atoms with van der Waals surface area (Å²) in [6.07, 6.45) is 0. The van der Waals surface area contributed by atoms with E-state index in [1.807, 2.05) is 86.8 Å². The maximum Gasteiger partial charge on any atom is 0.282 e. The predicted octanol–water partition coefficient (Wildman–Crippen LogP) is 4.83. The van der Waals surface area contributed by atoms with Gasteiger partial charge < -0.3 is 10.2 Å². The van der Waals surface area contributed by atoms with Crippen molar-refractivity contribution in [1.82, 2.24) is 0 Å². The molecule has 0 spiro atoms. The van der Waals surface area contributed by atoms with Gasteiger partial charge in [0.1, 0.15) is 5.70 Å². The van der Waals surface area contributed by atoms with E-state index in [9.17, 15) is 9.59 Å².